The van der Waals surface area contributed by atoms with E-state index in [9.17, 15) is 4.79 Å². The van der Waals surface area contributed by atoms with E-state index in [0.29, 0.717) is 38.6 Å². The second-order valence-corrected chi connectivity index (χ2v) is 7.67. The molecule has 9 heteroatoms. The van der Waals surface area contributed by atoms with Crippen molar-refractivity contribution in [3.63, 3.8) is 0 Å². The average molecular weight is 392 g/mol. The maximum atomic E-state index is 12.5. The van der Waals surface area contributed by atoms with Crippen LogP contribution in [0, 0.1) is 6.92 Å². The molecule has 0 aromatic carbocycles. The third kappa shape index (κ3) is 4.20. The summed E-state index contributed by atoms with van der Waals surface area (Å²) in [5, 5.41) is 9.48. The summed E-state index contributed by atoms with van der Waals surface area (Å²) < 4.78 is 18.6. The van der Waals surface area contributed by atoms with Crippen LogP contribution < -0.4 is 0 Å². The number of thioether (sulfide) groups is 1. The number of furan rings is 1. The van der Waals surface area contributed by atoms with Crippen molar-refractivity contribution in [1.29, 1.82) is 0 Å². The number of aryl methyl sites for hydroxylation is 1. The fourth-order valence-electron chi connectivity index (χ4n) is 3.40. The van der Waals surface area contributed by atoms with Crippen molar-refractivity contribution in [3.05, 3.63) is 18.1 Å². The molecule has 27 heavy (non-hydrogen) atoms. The third-order valence-corrected chi connectivity index (χ3v) is 5.87. The molecular formula is C18H24N4O4S. The minimum atomic E-state index is 0.107. The van der Waals surface area contributed by atoms with Gasteiger partial charge in [-0.3, -0.25) is 9.36 Å². The van der Waals surface area contributed by atoms with E-state index >= 15 is 0 Å². The predicted octanol–water partition coefficient (Wildman–Crippen LogP) is 1.98. The van der Waals surface area contributed by atoms with Crippen LogP contribution in [0.2, 0.25) is 0 Å². The monoisotopic (exact) mass is 392 g/mol. The highest BCUT2D eigenvalue weighted by atomic mass is 32.2. The second kappa shape index (κ2) is 8.45. The van der Waals surface area contributed by atoms with Gasteiger partial charge in [-0.1, -0.05) is 11.8 Å². The quantitative estimate of drug-likeness (QED) is 0.695. The van der Waals surface area contributed by atoms with Crippen molar-refractivity contribution in [2.75, 3.05) is 38.7 Å². The Labute approximate surface area is 162 Å². The zero-order valence-electron chi connectivity index (χ0n) is 15.4. The van der Waals surface area contributed by atoms with Gasteiger partial charge in [0.2, 0.25) is 5.91 Å². The number of amides is 1. The molecule has 0 unspecified atom stereocenters. The molecule has 0 aliphatic carbocycles. The fraction of sp³-hybridized carbons (Fsp3) is 0.611. The minimum Gasteiger partial charge on any atom is -0.469 e. The number of ether oxygens (including phenoxy) is 2. The Kier molecular flexibility index (Phi) is 5.80. The van der Waals surface area contributed by atoms with E-state index in [1.54, 1.807) is 6.26 Å². The summed E-state index contributed by atoms with van der Waals surface area (Å²) in [5.41, 5.74) is 0.923. The van der Waals surface area contributed by atoms with Gasteiger partial charge in [0.25, 0.3) is 0 Å². The van der Waals surface area contributed by atoms with Gasteiger partial charge in [-0.05, 0) is 25.8 Å². The summed E-state index contributed by atoms with van der Waals surface area (Å²) in [7, 11) is 0. The summed E-state index contributed by atoms with van der Waals surface area (Å²) in [4.78, 5) is 14.3. The largest absolute Gasteiger partial charge is 0.469 e. The van der Waals surface area contributed by atoms with E-state index in [2.05, 4.69) is 14.8 Å². The lowest BCUT2D eigenvalue weighted by Crippen LogP contribution is -2.41. The number of carbonyl (C=O) groups excluding carboxylic acids is 1. The Morgan fingerprint density at radius 2 is 2.15 bits per heavy atom. The molecule has 1 amide bonds. The van der Waals surface area contributed by atoms with Crippen LogP contribution in [0.25, 0.3) is 11.4 Å². The summed E-state index contributed by atoms with van der Waals surface area (Å²) in [6.07, 6.45) is 3.91. The van der Waals surface area contributed by atoms with Crippen molar-refractivity contribution in [1.82, 2.24) is 19.7 Å². The zero-order valence-corrected chi connectivity index (χ0v) is 16.2. The van der Waals surface area contributed by atoms with Crippen LogP contribution in [0.4, 0.5) is 0 Å². The van der Waals surface area contributed by atoms with Crippen LogP contribution in [-0.4, -0.2) is 70.3 Å². The first-order chi connectivity index (χ1) is 13.2. The number of nitrogens with zero attached hydrogens (tertiary/aromatic N) is 4. The van der Waals surface area contributed by atoms with Gasteiger partial charge in [0, 0.05) is 19.7 Å². The lowest BCUT2D eigenvalue weighted by Gasteiger charge is -2.26. The summed E-state index contributed by atoms with van der Waals surface area (Å²) in [6.45, 7) is 5.91. The third-order valence-electron chi connectivity index (χ3n) is 4.92. The molecule has 0 spiro atoms. The van der Waals surface area contributed by atoms with Gasteiger partial charge in [0.15, 0.2) is 11.0 Å². The maximum Gasteiger partial charge on any atom is 0.233 e. The molecule has 2 saturated heterocycles. The van der Waals surface area contributed by atoms with Gasteiger partial charge < -0.3 is 18.8 Å². The standard InChI is InChI=1S/C18H24N4O4S/c1-13-15(4-8-25-13)17-19-20-18(22(17)11-14-3-2-7-26-14)27-12-16(23)21-5-9-24-10-6-21/h4,8,14H,2-3,5-7,9-12H2,1H3/t14-/m1/s1. The SMILES string of the molecule is Cc1occc1-c1nnc(SCC(=O)N2CCOCC2)n1C[C@H]1CCCO1. The average Bonchev–Trinajstić information content (AvgIpc) is 3.43. The highest BCUT2D eigenvalue weighted by molar-refractivity contribution is 7.99. The molecule has 1 atom stereocenters. The van der Waals surface area contributed by atoms with E-state index in [1.807, 2.05) is 17.9 Å². The van der Waals surface area contributed by atoms with E-state index in [0.717, 1.165) is 41.8 Å². The van der Waals surface area contributed by atoms with Crippen molar-refractivity contribution in [3.8, 4) is 11.4 Å². The van der Waals surface area contributed by atoms with Gasteiger partial charge in [-0.25, -0.2) is 0 Å². The molecule has 0 N–H and O–H groups in total. The molecule has 2 aromatic heterocycles. The number of hydrogen-bond donors (Lipinski definition) is 0. The van der Waals surface area contributed by atoms with Gasteiger partial charge in [-0.15, -0.1) is 10.2 Å². The number of rotatable bonds is 6. The Morgan fingerprint density at radius 1 is 1.30 bits per heavy atom. The molecule has 146 valence electrons. The van der Waals surface area contributed by atoms with Gasteiger partial charge >= 0.3 is 0 Å². The molecule has 8 nitrogen and oxygen atoms in total. The van der Waals surface area contributed by atoms with Crippen molar-refractivity contribution < 1.29 is 18.7 Å². The maximum absolute atomic E-state index is 12.5. The fourth-order valence-corrected chi connectivity index (χ4v) is 4.25. The first kappa shape index (κ1) is 18.5. The van der Waals surface area contributed by atoms with Crippen LogP contribution in [0.15, 0.2) is 21.9 Å². The Morgan fingerprint density at radius 3 is 2.85 bits per heavy atom. The van der Waals surface area contributed by atoms with Gasteiger partial charge in [-0.2, -0.15) is 0 Å². The summed E-state index contributed by atoms with van der Waals surface area (Å²) in [6, 6.07) is 1.90. The van der Waals surface area contributed by atoms with E-state index in [1.165, 1.54) is 11.8 Å². The smallest absolute Gasteiger partial charge is 0.233 e. The predicted molar refractivity (Wildman–Crippen MR) is 99.6 cm³/mol. The summed E-state index contributed by atoms with van der Waals surface area (Å²) in [5.74, 6) is 2.01. The lowest BCUT2D eigenvalue weighted by atomic mass is 10.2. The van der Waals surface area contributed by atoms with Gasteiger partial charge in [0.05, 0.1) is 43.4 Å². The van der Waals surface area contributed by atoms with Gasteiger partial charge in [0.1, 0.15) is 5.76 Å². The summed E-state index contributed by atoms with van der Waals surface area (Å²) >= 11 is 1.43. The Hall–Kier alpha value is -1.84. The molecule has 4 heterocycles. The van der Waals surface area contributed by atoms with Crippen LogP contribution >= 0.6 is 11.8 Å². The molecule has 2 aromatic rings. The van der Waals surface area contributed by atoms with Crippen molar-refractivity contribution >= 4 is 17.7 Å². The molecule has 4 rings (SSSR count). The van der Waals surface area contributed by atoms with Crippen LogP contribution in [0.5, 0.6) is 0 Å². The van der Waals surface area contributed by atoms with Crippen LogP contribution in [-0.2, 0) is 20.8 Å². The number of carbonyl (C=O) groups is 1. The Bertz CT molecular complexity index is 778. The highest BCUT2D eigenvalue weighted by Crippen LogP contribution is 2.29. The van der Waals surface area contributed by atoms with E-state index in [-0.39, 0.29) is 12.0 Å². The molecular weight excluding hydrogens is 368 g/mol. The van der Waals surface area contributed by atoms with Crippen LogP contribution in [0.3, 0.4) is 0 Å². The molecule has 0 bridgehead atoms. The second-order valence-electron chi connectivity index (χ2n) is 6.72. The number of morpholine rings is 1. The normalized spacial score (nSPS) is 20.3. The van der Waals surface area contributed by atoms with E-state index < -0.39 is 0 Å². The molecule has 2 aliphatic heterocycles. The molecule has 0 radical (unpaired) electrons. The number of aromatic nitrogens is 3. The topological polar surface area (TPSA) is 82.6 Å². The minimum absolute atomic E-state index is 0.107. The Balaban J connectivity index is 1.51. The van der Waals surface area contributed by atoms with Crippen LogP contribution in [0.1, 0.15) is 18.6 Å². The van der Waals surface area contributed by atoms with E-state index in [4.69, 9.17) is 13.9 Å². The first-order valence-electron chi connectivity index (χ1n) is 9.30. The first-order valence-corrected chi connectivity index (χ1v) is 10.3. The number of hydrogen-bond acceptors (Lipinski definition) is 7. The zero-order chi connectivity index (χ0) is 18.6. The lowest BCUT2D eigenvalue weighted by molar-refractivity contribution is -0.132. The molecule has 0 saturated carbocycles. The molecule has 2 fully saturated rings. The van der Waals surface area contributed by atoms with Crippen molar-refractivity contribution in [2.45, 2.75) is 37.6 Å². The highest BCUT2D eigenvalue weighted by Gasteiger charge is 2.24. The van der Waals surface area contributed by atoms with Crippen molar-refractivity contribution in [2.24, 2.45) is 0 Å². The molecule has 2 aliphatic rings.